The monoisotopic (exact) mass is 732 g/mol. The minimum Gasteiger partial charge on any atom is -0.228 e. The quantitative estimate of drug-likeness (QED) is 0.176. The molecule has 2 heterocycles. The van der Waals surface area contributed by atoms with Crippen LogP contribution in [-0.4, -0.2) is 9.97 Å². The van der Waals surface area contributed by atoms with E-state index in [9.17, 15) is 0 Å². The van der Waals surface area contributed by atoms with E-state index < -0.39 is 0 Å². The molecule has 0 amide bonds. The number of hydrogen-bond donors (Lipinski definition) is 0. The Balaban J connectivity index is 1.11. The number of thiophene rings is 1. The zero-order chi connectivity index (χ0) is 37.4. The van der Waals surface area contributed by atoms with Gasteiger partial charge < -0.3 is 0 Å². The third-order valence-electron chi connectivity index (χ3n) is 11.6. The van der Waals surface area contributed by atoms with Crippen LogP contribution in [0.3, 0.4) is 0 Å². The lowest BCUT2D eigenvalue weighted by Crippen LogP contribution is -2.14. The van der Waals surface area contributed by atoms with Gasteiger partial charge in [-0.2, -0.15) is 0 Å². The van der Waals surface area contributed by atoms with Gasteiger partial charge in [-0.1, -0.05) is 135 Å². The van der Waals surface area contributed by atoms with E-state index in [0.29, 0.717) is 5.82 Å². The molecule has 0 bridgehead atoms. The average molecular weight is 733 g/mol. The van der Waals surface area contributed by atoms with Crippen LogP contribution in [0.1, 0.15) is 25.0 Å². The molecule has 0 unspecified atom stereocenters. The second-order valence-corrected chi connectivity index (χ2v) is 16.5. The summed E-state index contributed by atoms with van der Waals surface area (Å²) in [5, 5.41) is 5.13. The summed E-state index contributed by atoms with van der Waals surface area (Å²) >= 11 is 1.85. The third kappa shape index (κ3) is 5.38. The number of nitrogens with zero attached hydrogens (tertiary/aromatic N) is 2. The summed E-state index contributed by atoms with van der Waals surface area (Å²) in [4.78, 5) is 10.6. The van der Waals surface area contributed by atoms with Crippen molar-refractivity contribution in [1.82, 2.24) is 9.97 Å². The first-order valence-corrected chi connectivity index (χ1v) is 20.0. The molecule has 0 radical (unpaired) electrons. The van der Waals surface area contributed by atoms with Crippen molar-refractivity contribution in [1.29, 1.82) is 0 Å². The highest BCUT2D eigenvalue weighted by Gasteiger charge is 2.36. The SMILES string of the molecule is CC1(C)c2ccc(-c3cc(-c4cc(-c5ccccc5)cc(-c5ccc6sc7ccccc7c6c5)c4)nc(-c4ccccc4)n3)cc2-c2cc3ccccc3cc21. The Morgan fingerprint density at radius 3 is 1.75 bits per heavy atom. The number of aromatic nitrogens is 2. The summed E-state index contributed by atoms with van der Waals surface area (Å²) in [6, 6.07) is 66.1. The molecule has 0 fully saturated rings. The fourth-order valence-corrected chi connectivity index (χ4v) is 9.79. The fourth-order valence-electron chi connectivity index (χ4n) is 8.70. The predicted molar refractivity (Wildman–Crippen MR) is 237 cm³/mol. The highest BCUT2D eigenvalue weighted by Crippen LogP contribution is 2.51. The van der Waals surface area contributed by atoms with Crippen LogP contribution in [0.5, 0.6) is 0 Å². The van der Waals surface area contributed by atoms with Gasteiger partial charge in [0.1, 0.15) is 0 Å². The molecule has 1 aliphatic rings. The Kier molecular flexibility index (Phi) is 7.42. The van der Waals surface area contributed by atoms with Crippen molar-refractivity contribution >= 4 is 42.3 Å². The fraction of sp³-hybridized carbons (Fsp3) is 0.0566. The molecule has 0 N–H and O–H groups in total. The number of rotatable bonds is 5. The van der Waals surface area contributed by atoms with E-state index in [-0.39, 0.29) is 5.41 Å². The maximum absolute atomic E-state index is 5.31. The third-order valence-corrected chi connectivity index (χ3v) is 12.8. The molecular weight excluding hydrogens is 697 g/mol. The molecule has 11 rings (SSSR count). The first-order valence-electron chi connectivity index (χ1n) is 19.2. The van der Waals surface area contributed by atoms with E-state index in [1.165, 1.54) is 64.3 Å². The van der Waals surface area contributed by atoms with Gasteiger partial charge in [-0.25, -0.2) is 9.97 Å². The largest absolute Gasteiger partial charge is 0.228 e. The Bertz CT molecular complexity index is 3160. The Hall–Kier alpha value is -6.68. The maximum atomic E-state index is 5.31. The van der Waals surface area contributed by atoms with Crippen molar-refractivity contribution in [3.8, 4) is 67.3 Å². The number of hydrogen-bond acceptors (Lipinski definition) is 3. The molecule has 56 heavy (non-hydrogen) atoms. The van der Waals surface area contributed by atoms with Gasteiger partial charge in [-0.05, 0) is 116 Å². The molecule has 3 heteroatoms. The van der Waals surface area contributed by atoms with E-state index in [4.69, 9.17) is 9.97 Å². The van der Waals surface area contributed by atoms with Crippen LogP contribution in [-0.2, 0) is 5.41 Å². The van der Waals surface area contributed by atoms with Gasteiger partial charge in [0, 0.05) is 42.3 Å². The molecule has 2 aromatic heterocycles. The molecule has 10 aromatic rings. The summed E-state index contributed by atoms with van der Waals surface area (Å²) in [6.07, 6.45) is 0. The van der Waals surface area contributed by atoms with E-state index in [2.05, 4.69) is 190 Å². The van der Waals surface area contributed by atoms with E-state index in [0.717, 1.165) is 39.2 Å². The second kappa shape index (κ2) is 12.7. The van der Waals surface area contributed by atoms with E-state index >= 15 is 0 Å². The molecule has 0 spiro atoms. The van der Waals surface area contributed by atoms with Crippen LogP contribution in [0.2, 0.25) is 0 Å². The minimum atomic E-state index is -0.105. The van der Waals surface area contributed by atoms with Gasteiger partial charge in [0.05, 0.1) is 11.4 Å². The van der Waals surface area contributed by atoms with Crippen molar-refractivity contribution < 1.29 is 0 Å². The average Bonchev–Trinajstić information content (AvgIpc) is 3.73. The van der Waals surface area contributed by atoms with Crippen LogP contribution in [0.15, 0.2) is 182 Å². The van der Waals surface area contributed by atoms with Crippen molar-refractivity contribution in [2.75, 3.05) is 0 Å². The Morgan fingerprint density at radius 2 is 0.964 bits per heavy atom. The smallest absolute Gasteiger partial charge is 0.160 e. The normalized spacial score (nSPS) is 13.0. The standard InChI is InChI=1S/C53H36N2S/c1-53(2)46-23-21-38(30-43(46)44-28-35-17-9-10-18-36(35)31-47(44)53)48-32-49(55-52(54-48)34-15-7-4-8-16-34)41-26-39(33-13-5-3-6-14-33)25-40(27-41)37-22-24-51-45(29-37)42-19-11-12-20-50(42)56-51/h3-32H,1-2H3. The molecular formula is C53H36N2S. The Labute approximate surface area is 330 Å². The number of benzene rings is 8. The minimum absolute atomic E-state index is 0.105. The summed E-state index contributed by atoms with van der Waals surface area (Å²) in [5.41, 5.74) is 14.8. The highest BCUT2D eigenvalue weighted by atomic mass is 32.1. The van der Waals surface area contributed by atoms with Crippen molar-refractivity contribution in [3.63, 3.8) is 0 Å². The van der Waals surface area contributed by atoms with Crippen molar-refractivity contribution in [2.24, 2.45) is 0 Å². The summed E-state index contributed by atoms with van der Waals surface area (Å²) in [6.45, 7) is 4.69. The van der Waals surface area contributed by atoms with Crippen LogP contribution >= 0.6 is 11.3 Å². The topological polar surface area (TPSA) is 25.8 Å². The first-order chi connectivity index (χ1) is 27.5. The van der Waals surface area contributed by atoms with Crippen molar-refractivity contribution in [3.05, 3.63) is 193 Å². The predicted octanol–water partition coefficient (Wildman–Crippen LogP) is 14.6. The molecule has 264 valence electrons. The molecule has 1 aliphatic carbocycles. The van der Waals surface area contributed by atoms with E-state index in [1.807, 2.05) is 17.4 Å². The summed E-state index contributed by atoms with van der Waals surface area (Å²) < 4.78 is 2.61. The summed E-state index contributed by atoms with van der Waals surface area (Å²) in [5.74, 6) is 0.711. The second-order valence-electron chi connectivity index (χ2n) is 15.4. The summed E-state index contributed by atoms with van der Waals surface area (Å²) in [7, 11) is 0. The molecule has 0 atom stereocenters. The lowest BCUT2D eigenvalue weighted by Gasteiger charge is -2.22. The first kappa shape index (κ1) is 32.7. The van der Waals surface area contributed by atoms with Crippen LogP contribution < -0.4 is 0 Å². The zero-order valence-electron chi connectivity index (χ0n) is 31.1. The van der Waals surface area contributed by atoms with Gasteiger partial charge in [-0.15, -0.1) is 11.3 Å². The van der Waals surface area contributed by atoms with Gasteiger partial charge in [0.25, 0.3) is 0 Å². The maximum Gasteiger partial charge on any atom is 0.160 e. The molecule has 0 aliphatic heterocycles. The van der Waals surface area contributed by atoms with Gasteiger partial charge >= 0.3 is 0 Å². The molecule has 0 saturated heterocycles. The van der Waals surface area contributed by atoms with Crippen LogP contribution in [0, 0.1) is 0 Å². The lowest BCUT2D eigenvalue weighted by atomic mass is 9.81. The van der Waals surface area contributed by atoms with Crippen LogP contribution in [0.4, 0.5) is 0 Å². The van der Waals surface area contributed by atoms with Gasteiger partial charge in [0.15, 0.2) is 5.82 Å². The highest BCUT2D eigenvalue weighted by molar-refractivity contribution is 7.25. The molecule has 2 nitrogen and oxygen atoms in total. The number of fused-ring (bicyclic) bond motifs is 7. The lowest BCUT2D eigenvalue weighted by molar-refractivity contribution is 0.661. The van der Waals surface area contributed by atoms with E-state index in [1.54, 1.807) is 0 Å². The molecule has 0 saturated carbocycles. The van der Waals surface area contributed by atoms with Crippen molar-refractivity contribution in [2.45, 2.75) is 19.3 Å². The Morgan fingerprint density at radius 1 is 0.375 bits per heavy atom. The van der Waals surface area contributed by atoms with Crippen LogP contribution in [0.25, 0.3) is 98.2 Å². The van der Waals surface area contributed by atoms with Gasteiger partial charge in [0.2, 0.25) is 0 Å². The zero-order valence-corrected chi connectivity index (χ0v) is 31.9. The molecule has 8 aromatic carbocycles. The van der Waals surface area contributed by atoms with Gasteiger partial charge in [-0.3, -0.25) is 0 Å².